The van der Waals surface area contributed by atoms with Gasteiger partial charge in [-0.05, 0) is 11.6 Å². The highest BCUT2D eigenvalue weighted by molar-refractivity contribution is 5.48. The van der Waals surface area contributed by atoms with Gasteiger partial charge in [-0.2, -0.15) is 5.26 Å². The zero-order valence-electron chi connectivity index (χ0n) is 8.10. The Morgan fingerprint density at radius 2 is 2.27 bits per heavy atom. The molecule has 0 heterocycles. The van der Waals surface area contributed by atoms with Gasteiger partial charge in [0.1, 0.15) is 0 Å². The number of benzene rings is 1. The van der Waals surface area contributed by atoms with E-state index >= 15 is 0 Å². The second kappa shape index (κ2) is 4.53. The summed E-state index contributed by atoms with van der Waals surface area (Å²) >= 11 is 0. The lowest BCUT2D eigenvalue weighted by Gasteiger charge is -2.07. The lowest BCUT2D eigenvalue weighted by molar-refractivity contribution is -0.384. The van der Waals surface area contributed by atoms with Gasteiger partial charge in [-0.1, -0.05) is 6.92 Å². The van der Waals surface area contributed by atoms with E-state index in [0.29, 0.717) is 11.5 Å². The fourth-order valence-electron chi connectivity index (χ4n) is 1.12. The maximum absolute atomic E-state index is 10.6. The molecule has 0 atom stereocenters. The SMILES string of the molecule is C[C](CO)c1cc(C#N)cc([N+](=O)[O-])c1. The molecule has 0 bridgehead atoms. The Morgan fingerprint density at radius 1 is 1.60 bits per heavy atom. The molecule has 0 aliphatic carbocycles. The highest BCUT2D eigenvalue weighted by Crippen LogP contribution is 2.22. The molecule has 0 amide bonds. The van der Waals surface area contributed by atoms with Crippen molar-refractivity contribution in [3.8, 4) is 6.07 Å². The second-order valence-corrected chi connectivity index (χ2v) is 3.08. The zero-order valence-corrected chi connectivity index (χ0v) is 8.10. The van der Waals surface area contributed by atoms with Crippen molar-refractivity contribution in [1.29, 1.82) is 5.26 Å². The third kappa shape index (κ3) is 2.51. The van der Waals surface area contributed by atoms with Crippen molar-refractivity contribution >= 4 is 5.69 Å². The van der Waals surface area contributed by atoms with Crippen LogP contribution in [0.4, 0.5) is 5.69 Å². The molecule has 0 fully saturated rings. The van der Waals surface area contributed by atoms with E-state index in [1.54, 1.807) is 6.92 Å². The Balaban J connectivity index is 3.24. The Labute approximate surface area is 86.7 Å². The molecule has 1 radical (unpaired) electrons. The zero-order chi connectivity index (χ0) is 11.4. The van der Waals surface area contributed by atoms with E-state index in [2.05, 4.69) is 0 Å². The molecule has 0 unspecified atom stereocenters. The van der Waals surface area contributed by atoms with Crippen LogP contribution < -0.4 is 0 Å². The first-order chi connectivity index (χ1) is 7.08. The maximum atomic E-state index is 10.6. The molecule has 77 valence electrons. The number of hydrogen-bond acceptors (Lipinski definition) is 4. The number of aliphatic hydroxyl groups excluding tert-OH is 1. The molecule has 1 aromatic carbocycles. The van der Waals surface area contributed by atoms with E-state index in [4.69, 9.17) is 10.4 Å². The van der Waals surface area contributed by atoms with Crippen molar-refractivity contribution < 1.29 is 10.0 Å². The van der Waals surface area contributed by atoms with Crippen molar-refractivity contribution in [3.63, 3.8) is 0 Å². The second-order valence-electron chi connectivity index (χ2n) is 3.08. The minimum Gasteiger partial charge on any atom is -0.395 e. The molecule has 0 aliphatic heterocycles. The molecule has 15 heavy (non-hydrogen) atoms. The van der Waals surface area contributed by atoms with Crippen LogP contribution in [0.15, 0.2) is 18.2 Å². The predicted molar refractivity (Wildman–Crippen MR) is 52.9 cm³/mol. The molecule has 0 spiro atoms. The number of nitro groups is 1. The standard InChI is InChI=1S/C10H9N2O3/c1-7(6-13)9-2-8(5-11)3-10(4-9)12(14)15/h2-4,13H,6H2,1H3. The van der Waals surface area contributed by atoms with Crippen molar-refractivity contribution in [2.75, 3.05) is 6.61 Å². The van der Waals surface area contributed by atoms with Gasteiger partial charge in [0.05, 0.1) is 23.2 Å². The summed E-state index contributed by atoms with van der Waals surface area (Å²) in [6.45, 7) is 1.46. The fraction of sp³-hybridized carbons (Fsp3) is 0.200. The first-order valence-corrected chi connectivity index (χ1v) is 4.21. The van der Waals surface area contributed by atoms with Crippen LogP contribution >= 0.6 is 0 Å². The van der Waals surface area contributed by atoms with E-state index in [9.17, 15) is 10.1 Å². The minimum absolute atomic E-state index is 0.142. The summed E-state index contributed by atoms with van der Waals surface area (Å²) in [6.07, 6.45) is 0. The molecular formula is C10H9N2O3. The summed E-state index contributed by atoms with van der Waals surface area (Å²) in [4.78, 5) is 10.00. The summed E-state index contributed by atoms with van der Waals surface area (Å²) < 4.78 is 0. The van der Waals surface area contributed by atoms with Gasteiger partial charge in [-0.15, -0.1) is 0 Å². The Bertz CT molecular complexity index is 423. The van der Waals surface area contributed by atoms with E-state index < -0.39 is 4.92 Å². The average Bonchev–Trinajstić information content (AvgIpc) is 2.27. The van der Waals surface area contributed by atoms with Gasteiger partial charge in [-0.25, -0.2) is 0 Å². The number of hydrogen-bond donors (Lipinski definition) is 1. The number of aliphatic hydroxyl groups is 1. The smallest absolute Gasteiger partial charge is 0.271 e. The van der Waals surface area contributed by atoms with Gasteiger partial charge in [-0.3, -0.25) is 10.1 Å². The lowest BCUT2D eigenvalue weighted by atomic mass is 9.99. The molecule has 5 nitrogen and oxygen atoms in total. The number of nitro benzene ring substituents is 1. The quantitative estimate of drug-likeness (QED) is 0.596. The van der Waals surface area contributed by atoms with Gasteiger partial charge in [0.15, 0.2) is 0 Å². The monoisotopic (exact) mass is 205 g/mol. The Morgan fingerprint density at radius 3 is 2.73 bits per heavy atom. The van der Waals surface area contributed by atoms with Crippen LogP contribution in [0.2, 0.25) is 0 Å². The molecule has 5 heteroatoms. The van der Waals surface area contributed by atoms with Crippen molar-refractivity contribution in [1.82, 2.24) is 0 Å². The van der Waals surface area contributed by atoms with Crippen molar-refractivity contribution in [2.24, 2.45) is 0 Å². The molecule has 0 aromatic heterocycles. The van der Waals surface area contributed by atoms with Gasteiger partial charge >= 0.3 is 0 Å². The largest absolute Gasteiger partial charge is 0.395 e. The minimum atomic E-state index is -0.561. The van der Waals surface area contributed by atoms with E-state index in [1.165, 1.54) is 18.2 Å². The van der Waals surface area contributed by atoms with Crippen molar-refractivity contribution in [2.45, 2.75) is 6.92 Å². The summed E-state index contributed by atoms with van der Waals surface area (Å²) in [7, 11) is 0. The third-order valence-electron chi connectivity index (χ3n) is 1.99. The number of nitriles is 1. The number of rotatable bonds is 3. The highest BCUT2D eigenvalue weighted by Gasteiger charge is 2.13. The van der Waals surface area contributed by atoms with E-state index in [-0.39, 0.29) is 17.9 Å². The number of nitrogens with zero attached hydrogens (tertiary/aromatic N) is 2. The Hall–Kier alpha value is -1.93. The van der Waals surface area contributed by atoms with Gasteiger partial charge in [0.2, 0.25) is 0 Å². The lowest BCUT2D eigenvalue weighted by Crippen LogP contribution is -2.01. The predicted octanol–water partition coefficient (Wildman–Crippen LogP) is 1.40. The van der Waals surface area contributed by atoms with Crippen LogP contribution in [0.3, 0.4) is 0 Å². The topological polar surface area (TPSA) is 87.2 Å². The van der Waals surface area contributed by atoms with Crippen LogP contribution in [0.1, 0.15) is 18.1 Å². The highest BCUT2D eigenvalue weighted by atomic mass is 16.6. The maximum Gasteiger partial charge on any atom is 0.271 e. The summed E-state index contributed by atoms with van der Waals surface area (Å²) in [5.74, 6) is 0.593. The van der Waals surface area contributed by atoms with Crippen LogP contribution in [-0.2, 0) is 0 Å². The summed E-state index contributed by atoms with van der Waals surface area (Å²) in [5, 5.41) is 28.1. The third-order valence-corrected chi connectivity index (χ3v) is 1.99. The van der Waals surface area contributed by atoms with Gasteiger partial charge < -0.3 is 5.11 Å². The fourth-order valence-corrected chi connectivity index (χ4v) is 1.12. The first kappa shape index (κ1) is 11.1. The van der Waals surface area contributed by atoms with Crippen LogP contribution in [-0.4, -0.2) is 16.6 Å². The van der Waals surface area contributed by atoms with Crippen LogP contribution in [0, 0.1) is 27.4 Å². The van der Waals surface area contributed by atoms with E-state index in [0.717, 1.165) is 0 Å². The molecule has 1 aromatic rings. The normalized spacial score (nSPS) is 10.0. The summed E-state index contributed by atoms with van der Waals surface area (Å²) in [5.41, 5.74) is 0.590. The summed E-state index contributed by atoms with van der Waals surface area (Å²) in [6, 6.07) is 5.90. The van der Waals surface area contributed by atoms with Crippen molar-refractivity contribution in [3.05, 3.63) is 45.4 Å². The first-order valence-electron chi connectivity index (χ1n) is 4.21. The van der Waals surface area contributed by atoms with Gasteiger partial charge in [0.25, 0.3) is 5.69 Å². The molecule has 1 rings (SSSR count). The van der Waals surface area contributed by atoms with Crippen LogP contribution in [0.25, 0.3) is 0 Å². The number of non-ortho nitro benzene ring substituents is 1. The molecule has 0 aliphatic rings. The Kier molecular flexibility index (Phi) is 3.37. The molecule has 1 N–H and O–H groups in total. The van der Waals surface area contributed by atoms with Crippen LogP contribution in [0.5, 0.6) is 0 Å². The molecule has 0 saturated heterocycles. The molecular weight excluding hydrogens is 196 g/mol. The van der Waals surface area contributed by atoms with Gasteiger partial charge in [0, 0.05) is 18.1 Å². The van der Waals surface area contributed by atoms with E-state index in [1.807, 2.05) is 6.07 Å². The average molecular weight is 205 g/mol. The molecule has 0 saturated carbocycles.